The van der Waals surface area contributed by atoms with Crippen LogP contribution in [0.5, 0.6) is 11.8 Å². The Morgan fingerprint density at radius 2 is 1.58 bits per heavy atom. The third-order valence-electron chi connectivity index (χ3n) is 3.71. The van der Waals surface area contributed by atoms with Gasteiger partial charge in [-0.3, -0.25) is 0 Å². The highest BCUT2D eigenvalue weighted by molar-refractivity contribution is 5.31. The Balaban J connectivity index is 1.68. The first-order chi connectivity index (χ1) is 9.42. The van der Waals surface area contributed by atoms with E-state index in [1.165, 1.54) is 37.7 Å². The quantitative estimate of drug-likeness (QED) is 0.818. The minimum absolute atomic E-state index is 0.396. The fraction of sp³-hybridized carbons (Fsp3) is 0.375. The average Bonchev–Trinajstić information content (AvgIpc) is 2.50. The van der Waals surface area contributed by atoms with Crippen LogP contribution < -0.4 is 4.74 Å². The SMILES string of the molecule is c1cnc(Oc2ccc(C3CCCCC3)cc2)nc1. The Bertz CT molecular complexity index is 504. The van der Waals surface area contributed by atoms with Gasteiger partial charge >= 0.3 is 6.01 Å². The second kappa shape index (κ2) is 5.83. The van der Waals surface area contributed by atoms with E-state index < -0.39 is 0 Å². The van der Waals surface area contributed by atoms with Gasteiger partial charge in [-0.2, -0.15) is 0 Å². The predicted molar refractivity (Wildman–Crippen MR) is 74.4 cm³/mol. The molecule has 1 aromatic heterocycles. The maximum Gasteiger partial charge on any atom is 0.321 e. The van der Waals surface area contributed by atoms with E-state index in [0.29, 0.717) is 6.01 Å². The second-order valence-corrected chi connectivity index (χ2v) is 5.04. The molecule has 0 spiro atoms. The zero-order valence-corrected chi connectivity index (χ0v) is 11.0. The molecule has 0 atom stereocenters. The normalized spacial score (nSPS) is 16.2. The van der Waals surface area contributed by atoms with Gasteiger partial charge in [0.15, 0.2) is 0 Å². The zero-order valence-electron chi connectivity index (χ0n) is 11.0. The minimum Gasteiger partial charge on any atom is -0.424 e. The van der Waals surface area contributed by atoms with Crippen molar-refractivity contribution >= 4 is 0 Å². The summed E-state index contributed by atoms with van der Waals surface area (Å²) in [5.74, 6) is 1.53. The first-order valence-electron chi connectivity index (χ1n) is 6.97. The molecular formula is C16H18N2O. The summed E-state index contributed by atoms with van der Waals surface area (Å²) in [5.41, 5.74) is 1.43. The largest absolute Gasteiger partial charge is 0.424 e. The molecule has 0 bridgehead atoms. The van der Waals surface area contributed by atoms with Gasteiger partial charge in [0.25, 0.3) is 0 Å². The molecule has 0 unspecified atom stereocenters. The summed E-state index contributed by atoms with van der Waals surface area (Å²) >= 11 is 0. The van der Waals surface area contributed by atoms with Crippen LogP contribution in [-0.4, -0.2) is 9.97 Å². The van der Waals surface area contributed by atoms with Crippen molar-refractivity contribution in [3.05, 3.63) is 48.3 Å². The van der Waals surface area contributed by atoms with Crippen LogP contribution in [0.3, 0.4) is 0 Å². The summed E-state index contributed by atoms with van der Waals surface area (Å²) in [7, 11) is 0. The molecule has 0 amide bonds. The highest BCUT2D eigenvalue weighted by Crippen LogP contribution is 2.33. The topological polar surface area (TPSA) is 35.0 Å². The molecule has 1 saturated carbocycles. The molecule has 98 valence electrons. The van der Waals surface area contributed by atoms with Gasteiger partial charge in [0.2, 0.25) is 0 Å². The molecule has 3 heteroatoms. The summed E-state index contributed by atoms with van der Waals surface area (Å²) in [6, 6.07) is 10.6. The lowest BCUT2D eigenvalue weighted by molar-refractivity contribution is 0.435. The third kappa shape index (κ3) is 3.11. The number of hydrogen-bond acceptors (Lipinski definition) is 3. The minimum atomic E-state index is 0.396. The average molecular weight is 254 g/mol. The van der Waals surface area contributed by atoms with Crippen LogP contribution in [0, 0.1) is 0 Å². The summed E-state index contributed by atoms with van der Waals surface area (Å²) in [6.45, 7) is 0. The van der Waals surface area contributed by atoms with Gasteiger partial charge in [-0.15, -0.1) is 0 Å². The van der Waals surface area contributed by atoms with Crippen LogP contribution >= 0.6 is 0 Å². The Kier molecular flexibility index (Phi) is 3.73. The first-order valence-corrected chi connectivity index (χ1v) is 6.97. The van der Waals surface area contributed by atoms with Crippen LogP contribution in [0.4, 0.5) is 0 Å². The highest BCUT2D eigenvalue weighted by atomic mass is 16.5. The lowest BCUT2D eigenvalue weighted by Gasteiger charge is -2.21. The van der Waals surface area contributed by atoms with Crippen molar-refractivity contribution in [3.63, 3.8) is 0 Å². The summed E-state index contributed by atoms with van der Waals surface area (Å²) in [5, 5.41) is 0. The summed E-state index contributed by atoms with van der Waals surface area (Å²) in [4.78, 5) is 8.11. The molecule has 1 aromatic carbocycles. The molecule has 2 aromatic rings. The van der Waals surface area contributed by atoms with Crippen molar-refractivity contribution in [1.82, 2.24) is 9.97 Å². The van der Waals surface area contributed by atoms with Crippen molar-refractivity contribution in [2.24, 2.45) is 0 Å². The standard InChI is InChI=1S/C16H18N2O/c1-2-5-13(6-3-1)14-7-9-15(10-8-14)19-16-17-11-4-12-18-16/h4,7-13H,1-3,5-6H2. The van der Waals surface area contributed by atoms with Gasteiger partial charge in [0.05, 0.1) is 0 Å². The van der Waals surface area contributed by atoms with E-state index >= 15 is 0 Å². The molecule has 0 aliphatic heterocycles. The third-order valence-corrected chi connectivity index (χ3v) is 3.71. The molecule has 3 rings (SSSR count). The Morgan fingerprint density at radius 1 is 0.895 bits per heavy atom. The van der Waals surface area contributed by atoms with Crippen LogP contribution in [0.15, 0.2) is 42.7 Å². The van der Waals surface area contributed by atoms with Crippen molar-refractivity contribution in [2.45, 2.75) is 38.0 Å². The molecule has 3 nitrogen and oxygen atoms in total. The van der Waals surface area contributed by atoms with Crippen LogP contribution in [0.1, 0.15) is 43.6 Å². The molecule has 1 fully saturated rings. The van der Waals surface area contributed by atoms with E-state index in [4.69, 9.17) is 4.74 Å². The molecule has 0 N–H and O–H groups in total. The van der Waals surface area contributed by atoms with Crippen molar-refractivity contribution < 1.29 is 4.74 Å². The Hall–Kier alpha value is -1.90. The van der Waals surface area contributed by atoms with Gasteiger partial charge < -0.3 is 4.74 Å². The number of benzene rings is 1. The van der Waals surface area contributed by atoms with Crippen molar-refractivity contribution in [1.29, 1.82) is 0 Å². The smallest absolute Gasteiger partial charge is 0.321 e. The molecule has 1 aliphatic rings. The molecule has 19 heavy (non-hydrogen) atoms. The van der Waals surface area contributed by atoms with E-state index in [-0.39, 0.29) is 0 Å². The number of rotatable bonds is 3. The van der Waals surface area contributed by atoms with E-state index in [9.17, 15) is 0 Å². The van der Waals surface area contributed by atoms with Gasteiger partial charge in [-0.25, -0.2) is 9.97 Å². The van der Waals surface area contributed by atoms with E-state index in [1.54, 1.807) is 18.5 Å². The number of hydrogen-bond donors (Lipinski definition) is 0. The Morgan fingerprint density at radius 3 is 2.26 bits per heavy atom. The first kappa shape index (κ1) is 12.2. The second-order valence-electron chi connectivity index (χ2n) is 5.04. The maximum absolute atomic E-state index is 5.60. The van der Waals surface area contributed by atoms with Crippen LogP contribution in [0.25, 0.3) is 0 Å². The predicted octanol–water partition coefficient (Wildman–Crippen LogP) is 4.32. The summed E-state index contributed by atoms with van der Waals surface area (Å²) < 4.78 is 5.60. The monoisotopic (exact) mass is 254 g/mol. The van der Waals surface area contributed by atoms with E-state index in [0.717, 1.165) is 11.7 Å². The van der Waals surface area contributed by atoms with E-state index in [2.05, 4.69) is 22.1 Å². The van der Waals surface area contributed by atoms with Gasteiger partial charge in [0.1, 0.15) is 5.75 Å². The van der Waals surface area contributed by atoms with Crippen molar-refractivity contribution in [3.8, 4) is 11.8 Å². The lowest BCUT2D eigenvalue weighted by atomic mass is 9.84. The van der Waals surface area contributed by atoms with Crippen LogP contribution in [-0.2, 0) is 0 Å². The summed E-state index contributed by atoms with van der Waals surface area (Å²) in [6.07, 6.45) is 10.1. The van der Waals surface area contributed by atoms with Gasteiger partial charge in [-0.05, 0) is 42.5 Å². The molecular weight excluding hydrogens is 236 g/mol. The fourth-order valence-electron chi connectivity index (χ4n) is 2.69. The molecule has 0 saturated heterocycles. The highest BCUT2D eigenvalue weighted by Gasteiger charge is 2.15. The fourth-order valence-corrected chi connectivity index (χ4v) is 2.69. The Labute approximate surface area is 113 Å². The maximum atomic E-state index is 5.60. The lowest BCUT2D eigenvalue weighted by Crippen LogP contribution is -2.04. The van der Waals surface area contributed by atoms with Gasteiger partial charge in [-0.1, -0.05) is 31.4 Å². The molecule has 0 radical (unpaired) electrons. The number of nitrogens with zero attached hydrogens (tertiary/aromatic N) is 2. The van der Waals surface area contributed by atoms with Crippen molar-refractivity contribution in [2.75, 3.05) is 0 Å². The molecule has 1 aliphatic carbocycles. The number of aromatic nitrogens is 2. The van der Waals surface area contributed by atoms with Gasteiger partial charge in [0, 0.05) is 12.4 Å². The molecule has 1 heterocycles. The van der Waals surface area contributed by atoms with Crippen LogP contribution in [0.2, 0.25) is 0 Å². The number of ether oxygens (including phenoxy) is 1. The zero-order chi connectivity index (χ0) is 12.9. The van der Waals surface area contributed by atoms with E-state index in [1.807, 2.05) is 12.1 Å².